The zero-order valence-corrected chi connectivity index (χ0v) is 11.2. The van der Waals surface area contributed by atoms with Crippen molar-refractivity contribution < 1.29 is 9.53 Å². The molecule has 0 atom stereocenters. The Labute approximate surface area is 105 Å². The van der Waals surface area contributed by atoms with Crippen molar-refractivity contribution in [3.63, 3.8) is 0 Å². The number of hydrogen-bond acceptors (Lipinski definition) is 3. The van der Waals surface area contributed by atoms with Crippen LogP contribution in [0.5, 0.6) is 0 Å². The minimum absolute atomic E-state index is 0.181. The molecule has 0 fully saturated rings. The number of halogens is 1. The van der Waals surface area contributed by atoms with Gasteiger partial charge in [-0.15, -0.1) is 11.8 Å². The normalized spacial score (nSPS) is 10.2. The van der Waals surface area contributed by atoms with Gasteiger partial charge in [0.05, 0.1) is 12.4 Å². The van der Waals surface area contributed by atoms with Crippen molar-refractivity contribution in [1.29, 1.82) is 0 Å². The van der Waals surface area contributed by atoms with Crippen LogP contribution >= 0.6 is 23.4 Å². The van der Waals surface area contributed by atoms with E-state index in [2.05, 4.69) is 0 Å². The molecule has 0 unspecified atom stereocenters. The second-order valence-electron chi connectivity index (χ2n) is 3.46. The number of carbonyl (C=O) groups excluding carboxylic acids is 1. The Morgan fingerprint density at radius 1 is 1.38 bits per heavy atom. The zero-order valence-electron chi connectivity index (χ0n) is 9.67. The number of benzene rings is 1. The highest BCUT2D eigenvalue weighted by Gasteiger charge is 2.07. The average Bonchev–Trinajstić information content (AvgIpc) is 2.22. The number of hydrogen-bond donors (Lipinski definition) is 0. The Morgan fingerprint density at radius 2 is 2.06 bits per heavy atom. The van der Waals surface area contributed by atoms with Crippen molar-refractivity contribution in [3.8, 4) is 0 Å². The maximum absolute atomic E-state index is 11.2. The summed E-state index contributed by atoms with van der Waals surface area (Å²) >= 11 is 7.48. The molecule has 0 heterocycles. The van der Waals surface area contributed by atoms with Gasteiger partial charge in [0, 0.05) is 9.92 Å². The topological polar surface area (TPSA) is 26.3 Å². The highest BCUT2D eigenvalue weighted by atomic mass is 35.5. The van der Waals surface area contributed by atoms with E-state index in [1.165, 1.54) is 11.8 Å². The first-order chi connectivity index (χ1) is 7.54. The van der Waals surface area contributed by atoms with Crippen LogP contribution in [0.3, 0.4) is 0 Å². The predicted molar refractivity (Wildman–Crippen MR) is 68.3 cm³/mol. The molecule has 4 heteroatoms. The van der Waals surface area contributed by atoms with Gasteiger partial charge < -0.3 is 4.74 Å². The molecule has 2 nitrogen and oxygen atoms in total. The molecular weight excluding hydrogens is 244 g/mol. The van der Waals surface area contributed by atoms with Gasteiger partial charge in [-0.1, -0.05) is 11.6 Å². The third-order valence-electron chi connectivity index (χ3n) is 2.11. The fourth-order valence-electron chi connectivity index (χ4n) is 1.25. The van der Waals surface area contributed by atoms with Crippen molar-refractivity contribution in [3.05, 3.63) is 28.3 Å². The number of ether oxygens (including phenoxy) is 1. The average molecular weight is 259 g/mol. The van der Waals surface area contributed by atoms with Gasteiger partial charge in [0.2, 0.25) is 0 Å². The standard InChI is InChI=1S/C12H15ClO2S/c1-4-15-12(14)7-16-11-6-8(2)10(13)5-9(11)3/h5-6H,4,7H2,1-3H3. The maximum atomic E-state index is 11.2. The molecule has 0 aromatic heterocycles. The predicted octanol–water partition coefficient (Wildman–Crippen LogP) is 3.61. The Morgan fingerprint density at radius 3 is 2.69 bits per heavy atom. The van der Waals surface area contributed by atoms with E-state index in [9.17, 15) is 4.79 Å². The third kappa shape index (κ3) is 3.72. The first-order valence-corrected chi connectivity index (χ1v) is 6.46. The van der Waals surface area contributed by atoms with E-state index in [-0.39, 0.29) is 5.97 Å². The molecule has 0 spiro atoms. The molecule has 0 saturated carbocycles. The van der Waals surface area contributed by atoms with E-state index in [0.717, 1.165) is 21.0 Å². The first kappa shape index (κ1) is 13.4. The zero-order chi connectivity index (χ0) is 12.1. The van der Waals surface area contributed by atoms with E-state index in [1.54, 1.807) is 6.92 Å². The van der Waals surface area contributed by atoms with Gasteiger partial charge in [-0.2, -0.15) is 0 Å². The fraction of sp³-hybridized carbons (Fsp3) is 0.417. The highest BCUT2D eigenvalue weighted by Crippen LogP contribution is 2.28. The molecule has 16 heavy (non-hydrogen) atoms. The van der Waals surface area contributed by atoms with Gasteiger partial charge in [-0.25, -0.2) is 0 Å². The summed E-state index contributed by atoms with van der Waals surface area (Å²) < 4.78 is 4.87. The molecule has 0 aliphatic rings. The summed E-state index contributed by atoms with van der Waals surface area (Å²) in [6, 6.07) is 3.92. The quantitative estimate of drug-likeness (QED) is 0.610. The molecule has 0 aliphatic carbocycles. The van der Waals surface area contributed by atoms with E-state index < -0.39 is 0 Å². The Hall–Kier alpha value is -0.670. The number of aryl methyl sites for hydroxylation is 2. The van der Waals surface area contributed by atoms with Crippen molar-refractivity contribution in [2.75, 3.05) is 12.4 Å². The Balaban J connectivity index is 2.67. The van der Waals surface area contributed by atoms with Gasteiger partial charge in [0.1, 0.15) is 0 Å². The second kappa shape index (κ2) is 6.16. The van der Waals surface area contributed by atoms with Crippen molar-refractivity contribution >= 4 is 29.3 Å². The van der Waals surface area contributed by atoms with Gasteiger partial charge in [-0.3, -0.25) is 4.79 Å². The lowest BCUT2D eigenvalue weighted by Gasteiger charge is -2.08. The number of esters is 1. The van der Waals surface area contributed by atoms with Crippen molar-refractivity contribution in [1.82, 2.24) is 0 Å². The van der Waals surface area contributed by atoms with E-state index in [4.69, 9.17) is 16.3 Å². The molecule has 1 aromatic carbocycles. The SMILES string of the molecule is CCOC(=O)CSc1cc(C)c(Cl)cc1C. The second-order valence-corrected chi connectivity index (χ2v) is 4.88. The molecule has 0 bridgehead atoms. The van der Waals surface area contributed by atoms with Crippen LogP contribution in [-0.4, -0.2) is 18.3 Å². The van der Waals surface area contributed by atoms with Crippen LogP contribution < -0.4 is 0 Å². The van der Waals surface area contributed by atoms with Crippen molar-refractivity contribution in [2.45, 2.75) is 25.7 Å². The summed E-state index contributed by atoms with van der Waals surface area (Å²) in [6.45, 7) is 6.17. The fourth-order valence-corrected chi connectivity index (χ4v) is 2.37. The lowest BCUT2D eigenvalue weighted by Crippen LogP contribution is -2.06. The van der Waals surface area contributed by atoms with Crippen LogP contribution in [0.2, 0.25) is 5.02 Å². The van der Waals surface area contributed by atoms with Crippen LogP contribution in [-0.2, 0) is 9.53 Å². The summed E-state index contributed by atoms with van der Waals surface area (Å²) in [4.78, 5) is 12.3. The van der Waals surface area contributed by atoms with Crippen LogP contribution in [0, 0.1) is 13.8 Å². The minimum atomic E-state index is -0.181. The van der Waals surface area contributed by atoms with Crippen molar-refractivity contribution in [2.24, 2.45) is 0 Å². The Kier molecular flexibility index (Phi) is 5.16. The lowest BCUT2D eigenvalue weighted by molar-refractivity contribution is -0.139. The molecule has 0 N–H and O–H groups in total. The lowest BCUT2D eigenvalue weighted by atomic mass is 10.2. The van der Waals surface area contributed by atoms with E-state index in [1.807, 2.05) is 26.0 Å². The number of carbonyl (C=O) groups is 1. The number of rotatable bonds is 4. The molecule has 1 rings (SSSR count). The molecule has 0 amide bonds. The molecule has 0 saturated heterocycles. The largest absolute Gasteiger partial charge is 0.465 e. The molecule has 0 radical (unpaired) electrons. The van der Waals surface area contributed by atoms with Gasteiger partial charge in [0.25, 0.3) is 0 Å². The Bertz CT molecular complexity index is 391. The molecule has 1 aromatic rings. The molecule has 88 valence electrons. The summed E-state index contributed by atoms with van der Waals surface area (Å²) in [5, 5.41) is 0.762. The van der Waals surface area contributed by atoms with Crippen LogP contribution in [0.25, 0.3) is 0 Å². The van der Waals surface area contributed by atoms with E-state index >= 15 is 0 Å². The molecular formula is C12H15ClO2S. The van der Waals surface area contributed by atoms with Crippen LogP contribution in [0.1, 0.15) is 18.1 Å². The monoisotopic (exact) mass is 258 g/mol. The number of thioether (sulfide) groups is 1. The molecule has 0 aliphatic heterocycles. The van der Waals surface area contributed by atoms with Crippen LogP contribution in [0.4, 0.5) is 0 Å². The van der Waals surface area contributed by atoms with Gasteiger partial charge in [-0.05, 0) is 44.0 Å². The summed E-state index contributed by atoms with van der Waals surface area (Å²) in [7, 11) is 0. The summed E-state index contributed by atoms with van der Waals surface area (Å²) in [5.74, 6) is 0.162. The smallest absolute Gasteiger partial charge is 0.316 e. The highest BCUT2D eigenvalue weighted by molar-refractivity contribution is 8.00. The van der Waals surface area contributed by atoms with Crippen LogP contribution in [0.15, 0.2) is 17.0 Å². The van der Waals surface area contributed by atoms with Gasteiger partial charge >= 0.3 is 5.97 Å². The first-order valence-electron chi connectivity index (χ1n) is 5.09. The summed E-state index contributed by atoms with van der Waals surface area (Å²) in [6.07, 6.45) is 0. The summed E-state index contributed by atoms with van der Waals surface area (Å²) in [5.41, 5.74) is 2.11. The van der Waals surface area contributed by atoms with E-state index in [0.29, 0.717) is 12.4 Å². The maximum Gasteiger partial charge on any atom is 0.316 e. The minimum Gasteiger partial charge on any atom is -0.465 e. The third-order valence-corrected chi connectivity index (χ3v) is 3.65. The van der Waals surface area contributed by atoms with Gasteiger partial charge in [0.15, 0.2) is 0 Å².